The Balaban J connectivity index is 2.36. The lowest BCUT2D eigenvalue weighted by Gasteiger charge is -2.14. The Morgan fingerprint density at radius 2 is 2.29 bits per heavy atom. The molecule has 1 saturated carbocycles. The lowest BCUT2D eigenvalue weighted by Crippen LogP contribution is -2.21. The summed E-state index contributed by atoms with van der Waals surface area (Å²) >= 11 is 0. The number of nitrogens with zero attached hydrogens (tertiary/aromatic N) is 2. The molecule has 2 rings (SSSR count). The number of methoxy groups -OCH3 is 1. The van der Waals surface area contributed by atoms with Crippen LogP contribution in [0.15, 0.2) is 6.20 Å². The largest absolute Gasteiger partial charge is 0.467 e. The van der Waals surface area contributed by atoms with E-state index in [1.54, 1.807) is 7.11 Å². The average molecular weight is 193 g/mol. The first-order chi connectivity index (χ1) is 6.72. The van der Waals surface area contributed by atoms with E-state index in [4.69, 9.17) is 10.5 Å². The Hall–Kier alpha value is -1.16. The molecule has 0 radical (unpaired) electrons. The van der Waals surface area contributed by atoms with Crippen LogP contribution in [0.2, 0.25) is 0 Å². The molecule has 4 nitrogen and oxygen atoms in total. The molecule has 0 atom stereocenters. The number of nitrogens with two attached hydrogens (primary N) is 1. The average Bonchev–Trinajstić information content (AvgIpc) is 2.98. The molecule has 1 fully saturated rings. The van der Waals surface area contributed by atoms with Crippen LogP contribution in [0.25, 0.3) is 0 Å². The maximum Gasteiger partial charge on any atom is 0.316 e. The van der Waals surface area contributed by atoms with Crippen molar-refractivity contribution in [2.24, 2.45) is 5.73 Å². The maximum absolute atomic E-state index is 5.75. The third kappa shape index (κ3) is 1.35. The fourth-order valence-electron chi connectivity index (χ4n) is 1.80. The summed E-state index contributed by atoms with van der Waals surface area (Å²) in [5, 5.41) is 0. The van der Waals surface area contributed by atoms with Crippen LogP contribution in [-0.4, -0.2) is 23.6 Å². The summed E-state index contributed by atoms with van der Waals surface area (Å²) in [7, 11) is 1.57. The summed E-state index contributed by atoms with van der Waals surface area (Å²) in [5.74, 6) is 0. The molecule has 1 aromatic heterocycles. The van der Waals surface area contributed by atoms with E-state index in [0.29, 0.717) is 12.6 Å². The minimum absolute atomic E-state index is 0.163. The van der Waals surface area contributed by atoms with Gasteiger partial charge in [-0.25, -0.2) is 9.97 Å². The fraction of sp³-hybridized carbons (Fsp3) is 0.600. The van der Waals surface area contributed by atoms with Crippen molar-refractivity contribution in [1.29, 1.82) is 0 Å². The molecule has 2 N–H and O–H groups in total. The molecule has 0 bridgehead atoms. The number of rotatable bonds is 3. The Kier molecular flexibility index (Phi) is 2.15. The molecule has 0 spiro atoms. The summed E-state index contributed by atoms with van der Waals surface area (Å²) in [6.45, 7) is 2.67. The lowest BCUT2D eigenvalue weighted by molar-refractivity contribution is 0.377. The molecule has 4 heteroatoms. The number of aryl methyl sites for hydroxylation is 1. The normalized spacial score (nSPS) is 17.9. The SMILES string of the molecule is COc1ncc(C2(CN)CC2)c(C)n1. The lowest BCUT2D eigenvalue weighted by atomic mass is 9.96. The molecule has 0 amide bonds. The van der Waals surface area contributed by atoms with E-state index in [9.17, 15) is 0 Å². The van der Waals surface area contributed by atoms with Crippen molar-refractivity contribution < 1.29 is 4.74 Å². The first-order valence-electron chi connectivity index (χ1n) is 4.80. The van der Waals surface area contributed by atoms with Crippen LogP contribution < -0.4 is 10.5 Å². The van der Waals surface area contributed by atoms with Gasteiger partial charge in [0.2, 0.25) is 0 Å². The van der Waals surface area contributed by atoms with E-state index in [2.05, 4.69) is 9.97 Å². The number of ether oxygens (including phenoxy) is 1. The van der Waals surface area contributed by atoms with Crippen LogP contribution in [0.3, 0.4) is 0 Å². The Morgan fingerprint density at radius 1 is 1.57 bits per heavy atom. The van der Waals surface area contributed by atoms with Crippen molar-refractivity contribution in [3.63, 3.8) is 0 Å². The van der Waals surface area contributed by atoms with Crippen LogP contribution in [0, 0.1) is 6.92 Å². The van der Waals surface area contributed by atoms with E-state index in [-0.39, 0.29) is 5.41 Å². The first kappa shape index (κ1) is 9.40. The summed E-state index contributed by atoms with van der Waals surface area (Å²) in [6.07, 6.45) is 4.15. The van der Waals surface area contributed by atoms with Crippen molar-refractivity contribution in [2.45, 2.75) is 25.2 Å². The van der Waals surface area contributed by atoms with E-state index in [0.717, 1.165) is 18.5 Å². The molecule has 76 valence electrons. The fourth-order valence-corrected chi connectivity index (χ4v) is 1.80. The molecule has 0 aliphatic heterocycles. The number of aromatic nitrogens is 2. The van der Waals surface area contributed by atoms with Crippen LogP contribution >= 0.6 is 0 Å². The highest BCUT2D eigenvalue weighted by atomic mass is 16.5. The van der Waals surface area contributed by atoms with Crippen LogP contribution in [0.1, 0.15) is 24.1 Å². The zero-order chi connectivity index (χ0) is 10.2. The maximum atomic E-state index is 5.75. The van der Waals surface area contributed by atoms with Gasteiger partial charge in [-0.2, -0.15) is 0 Å². The Morgan fingerprint density at radius 3 is 2.71 bits per heavy atom. The predicted octanol–water partition coefficient (Wildman–Crippen LogP) is 0.784. The van der Waals surface area contributed by atoms with Gasteiger partial charge in [-0.15, -0.1) is 0 Å². The van der Waals surface area contributed by atoms with Crippen LogP contribution in [-0.2, 0) is 5.41 Å². The van der Waals surface area contributed by atoms with Crippen LogP contribution in [0.5, 0.6) is 6.01 Å². The second-order valence-electron chi connectivity index (χ2n) is 3.84. The number of hydrogen-bond donors (Lipinski definition) is 1. The molecular weight excluding hydrogens is 178 g/mol. The van der Waals surface area contributed by atoms with Gasteiger partial charge in [0, 0.05) is 23.9 Å². The Labute approximate surface area is 83.5 Å². The summed E-state index contributed by atoms with van der Waals surface area (Å²) in [4.78, 5) is 8.38. The zero-order valence-corrected chi connectivity index (χ0v) is 8.58. The van der Waals surface area contributed by atoms with Gasteiger partial charge in [-0.05, 0) is 25.3 Å². The van der Waals surface area contributed by atoms with Gasteiger partial charge in [-0.3, -0.25) is 0 Å². The van der Waals surface area contributed by atoms with E-state index in [1.165, 1.54) is 5.56 Å². The van der Waals surface area contributed by atoms with Crippen molar-refractivity contribution in [1.82, 2.24) is 9.97 Å². The highest BCUT2D eigenvalue weighted by Gasteiger charge is 2.44. The van der Waals surface area contributed by atoms with Crippen LogP contribution in [0.4, 0.5) is 0 Å². The van der Waals surface area contributed by atoms with Gasteiger partial charge in [0.25, 0.3) is 0 Å². The van der Waals surface area contributed by atoms with E-state index in [1.807, 2.05) is 13.1 Å². The summed E-state index contributed by atoms with van der Waals surface area (Å²) in [6, 6.07) is 0.430. The van der Waals surface area contributed by atoms with Crippen molar-refractivity contribution in [3.8, 4) is 6.01 Å². The zero-order valence-electron chi connectivity index (χ0n) is 8.58. The van der Waals surface area contributed by atoms with Crippen molar-refractivity contribution >= 4 is 0 Å². The monoisotopic (exact) mass is 193 g/mol. The van der Waals surface area contributed by atoms with Gasteiger partial charge < -0.3 is 10.5 Å². The standard InChI is InChI=1S/C10H15N3O/c1-7-8(10(6-11)3-4-10)5-12-9(13-7)14-2/h5H,3-4,6,11H2,1-2H3. The first-order valence-corrected chi connectivity index (χ1v) is 4.80. The Bertz CT molecular complexity index is 347. The minimum Gasteiger partial charge on any atom is -0.467 e. The third-order valence-corrected chi connectivity index (χ3v) is 2.96. The molecule has 1 aliphatic rings. The van der Waals surface area contributed by atoms with Gasteiger partial charge in [0.1, 0.15) is 0 Å². The van der Waals surface area contributed by atoms with Gasteiger partial charge in [0.15, 0.2) is 0 Å². The molecule has 1 heterocycles. The second-order valence-corrected chi connectivity index (χ2v) is 3.84. The quantitative estimate of drug-likeness (QED) is 0.770. The van der Waals surface area contributed by atoms with Gasteiger partial charge in [-0.1, -0.05) is 0 Å². The van der Waals surface area contributed by atoms with Crippen molar-refractivity contribution in [2.75, 3.05) is 13.7 Å². The second kappa shape index (κ2) is 3.20. The summed E-state index contributed by atoms with van der Waals surface area (Å²) < 4.78 is 4.96. The van der Waals surface area contributed by atoms with Gasteiger partial charge in [0.05, 0.1) is 7.11 Å². The van der Waals surface area contributed by atoms with Crippen molar-refractivity contribution in [3.05, 3.63) is 17.5 Å². The molecule has 0 unspecified atom stereocenters. The molecular formula is C10H15N3O. The smallest absolute Gasteiger partial charge is 0.316 e. The number of hydrogen-bond acceptors (Lipinski definition) is 4. The van der Waals surface area contributed by atoms with Gasteiger partial charge >= 0.3 is 6.01 Å². The minimum atomic E-state index is 0.163. The topological polar surface area (TPSA) is 61.0 Å². The van der Waals surface area contributed by atoms with E-state index >= 15 is 0 Å². The predicted molar refractivity (Wildman–Crippen MR) is 53.3 cm³/mol. The van der Waals surface area contributed by atoms with E-state index < -0.39 is 0 Å². The molecule has 1 aliphatic carbocycles. The highest BCUT2D eigenvalue weighted by molar-refractivity contribution is 5.33. The summed E-state index contributed by atoms with van der Waals surface area (Å²) in [5.41, 5.74) is 8.08. The molecule has 0 aromatic carbocycles. The molecule has 14 heavy (non-hydrogen) atoms. The molecule has 0 saturated heterocycles. The highest BCUT2D eigenvalue weighted by Crippen LogP contribution is 2.47. The molecule has 1 aromatic rings. The third-order valence-electron chi connectivity index (χ3n) is 2.96.